The fourth-order valence-electron chi connectivity index (χ4n) is 1.12. The van der Waals surface area contributed by atoms with Crippen LogP contribution in [0.5, 0.6) is 0 Å². The first-order valence-electron chi connectivity index (χ1n) is 4.56. The lowest BCUT2D eigenvalue weighted by Crippen LogP contribution is -2.15. The Morgan fingerprint density at radius 1 is 0.889 bits per heavy atom. The minimum absolute atomic E-state index is 0.00194. The first kappa shape index (κ1) is 15.9. The number of carbonyl (C=O) groups excluding carboxylic acids is 2. The van der Waals surface area contributed by atoms with Crippen molar-refractivity contribution in [3.63, 3.8) is 0 Å². The number of carbonyl (C=O) groups is 2. The molecule has 0 saturated heterocycles. The van der Waals surface area contributed by atoms with Gasteiger partial charge in [-0.25, -0.2) is 0 Å². The van der Waals surface area contributed by atoms with Gasteiger partial charge in [0.1, 0.15) is 5.78 Å². The third kappa shape index (κ3) is 3.43. The van der Waals surface area contributed by atoms with Crippen LogP contribution >= 0.6 is 58.0 Å². The molecule has 0 radical (unpaired) electrons. The molecule has 0 aromatic heterocycles. The number of halogens is 5. The van der Waals surface area contributed by atoms with Crippen LogP contribution in [-0.2, 0) is 9.59 Å². The summed E-state index contributed by atoms with van der Waals surface area (Å²) in [6.07, 6.45) is -0.301. The van der Waals surface area contributed by atoms with Crippen LogP contribution in [0.15, 0.2) is 0 Å². The second-order valence-corrected chi connectivity index (χ2v) is 5.26. The quantitative estimate of drug-likeness (QED) is 0.481. The number of nitrogens with one attached hydrogen (secondary N) is 1. The lowest BCUT2D eigenvalue weighted by Gasteiger charge is -2.13. The number of hydrogen-bond donors (Lipinski definition) is 1. The molecule has 0 heterocycles. The predicted molar refractivity (Wildman–Crippen MR) is 75.4 cm³/mol. The van der Waals surface area contributed by atoms with Crippen molar-refractivity contribution in [2.45, 2.75) is 13.3 Å². The Kier molecular flexibility index (Phi) is 5.56. The molecular formula is C10H6Cl5NO2. The summed E-state index contributed by atoms with van der Waals surface area (Å²) < 4.78 is 0. The summed E-state index contributed by atoms with van der Waals surface area (Å²) in [7, 11) is 0. The zero-order chi connectivity index (χ0) is 14.0. The average molecular weight is 349 g/mol. The Morgan fingerprint density at radius 2 is 1.28 bits per heavy atom. The van der Waals surface area contributed by atoms with E-state index in [1.807, 2.05) is 0 Å². The number of anilines is 1. The minimum Gasteiger partial charge on any atom is -0.323 e. The molecule has 18 heavy (non-hydrogen) atoms. The van der Waals surface area contributed by atoms with Crippen LogP contribution < -0.4 is 5.32 Å². The summed E-state index contributed by atoms with van der Waals surface area (Å²) in [5.41, 5.74) is 0.0315. The van der Waals surface area contributed by atoms with Gasteiger partial charge >= 0.3 is 0 Å². The van der Waals surface area contributed by atoms with Gasteiger partial charge in [0.15, 0.2) is 0 Å². The van der Waals surface area contributed by atoms with E-state index in [1.54, 1.807) is 0 Å². The maximum atomic E-state index is 11.5. The van der Waals surface area contributed by atoms with E-state index in [2.05, 4.69) is 5.32 Å². The van der Waals surface area contributed by atoms with E-state index in [1.165, 1.54) is 6.92 Å². The third-order valence-electron chi connectivity index (χ3n) is 1.88. The average Bonchev–Trinajstić information content (AvgIpc) is 2.29. The second-order valence-electron chi connectivity index (χ2n) is 3.37. The molecule has 0 unspecified atom stereocenters. The highest BCUT2D eigenvalue weighted by atomic mass is 35.5. The van der Waals surface area contributed by atoms with E-state index in [4.69, 9.17) is 58.0 Å². The molecule has 3 nitrogen and oxygen atoms in total. The first-order chi connectivity index (χ1) is 8.25. The highest BCUT2D eigenvalue weighted by molar-refractivity contribution is 6.56. The summed E-state index contributed by atoms with van der Waals surface area (Å²) in [6.45, 7) is 1.28. The molecule has 98 valence electrons. The van der Waals surface area contributed by atoms with Gasteiger partial charge in [-0.05, 0) is 6.92 Å². The van der Waals surface area contributed by atoms with Gasteiger partial charge in [0.2, 0.25) is 5.91 Å². The van der Waals surface area contributed by atoms with E-state index < -0.39 is 5.91 Å². The smallest absolute Gasteiger partial charge is 0.231 e. The minimum atomic E-state index is -0.569. The molecule has 0 aliphatic heterocycles. The summed E-state index contributed by atoms with van der Waals surface area (Å²) >= 11 is 29.2. The molecule has 0 spiro atoms. The van der Waals surface area contributed by atoms with E-state index >= 15 is 0 Å². The molecule has 1 N–H and O–H groups in total. The highest BCUT2D eigenvalue weighted by Crippen LogP contribution is 2.46. The molecule has 0 aliphatic carbocycles. The van der Waals surface area contributed by atoms with Gasteiger partial charge in [0.05, 0.1) is 37.2 Å². The first-order valence-corrected chi connectivity index (χ1v) is 6.45. The number of ketones is 1. The Hall–Kier alpha value is -0.190. The monoisotopic (exact) mass is 347 g/mol. The molecular weight excluding hydrogens is 343 g/mol. The molecule has 0 saturated carbocycles. The molecule has 8 heteroatoms. The van der Waals surface area contributed by atoms with Crippen LogP contribution in [0.4, 0.5) is 5.69 Å². The van der Waals surface area contributed by atoms with Crippen LogP contribution in [0.1, 0.15) is 13.3 Å². The molecule has 1 rings (SSSR count). The number of benzene rings is 1. The Bertz CT molecular complexity index is 500. The molecule has 0 aliphatic rings. The van der Waals surface area contributed by atoms with Crippen molar-refractivity contribution in [2.24, 2.45) is 0 Å². The molecule has 1 aromatic carbocycles. The highest BCUT2D eigenvalue weighted by Gasteiger charge is 2.20. The number of Topliss-reactive ketones (excluding diaryl/α,β-unsaturated/α-hetero) is 1. The van der Waals surface area contributed by atoms with Crippen molar-refractivity contribution in [3.05, 3.63) is 25.1 Å². The van der Waals surface area contributed by atoms with Gasteiger partial charge in [0.25, 0.3) is 0 Å². The number of hydrogen-bond acceptors (Lipinski definition) is 2. The van der Waals surface area contributed by atoms with Crippen LogP contribution in [0.3, 0.4) is 0 Å². The molecule has 1 aromatic rings. The number of rotatable bonds is 3. The zero-order valence-corrected chi connectivity index (χ0v) is 12.7. The van der Waals surface area contributed by atoms with Crippen molar-refractivity contribution in [1.82, 2.24) is 0 Å². The normalized spacial score (nSPS) is 10.3. The van der Waals surface area contributed by atoms with Gasteiger partial charge in [0, 0.05) is 0 Å². The lowest BCUT2D eigenvalue weighted by atomic mass is 10.2. The van der Waals surface area contributed by atoms with Gasteiger partial charge < -0.3 is 5.32 Å². The van der Waals surface area contributed by atoms with Crippen molar-refractivity contribution >= 4 is 75.4 Å². The van der Waals surface area contributed by atoms with Crippen LogP contribution in [0.2, 0.25) is 25.1 Å². The van der Waals surface area contributed by atoms with E-state index in [0.717, 1.165) is 0 Å². The van der Waals surface area contributed by atoms with Gasteiger partial charge in [-0.1, -0.05) is 58.0 Å². The summed E-state index contributed by atoms with van der Waals surface area (Å²) in [5.74, 6) is -0.869. The van der Waals surface area contributed by atoms with E-state index in [-0.39, 0.29) is 43.0 Å². The summed E-state index contributed by atoms with van der Waals surface area (Å²) in [4.78, 5) is 22.3. The zero-order valence-electron chi connectivity index (χ0n) is 8.91. The molecule has 0 atom stereocenters. The maximum absolute atomic E-state index is 11.5. The van der Waals surface area contributed by atoms with Crippen LogP contribution in [0, 0.1) is 0 Å². The van der Waals surface area contributed by atoms with Crippen molar-refractivity contribution in [1.29, 1.82) is 0 Å². The lowest BCUT2D eigenvalue weighted by molar-refractivity contribution is -0.124. The molecule has 0 fully saturated rings. The van der Waals surface area contributed by atoms with Gasteiger partial charge in [-0.15, -0.1) is 0 Å². The Morgan fingerprint density at radius 3 is 1.67 bits per heavy atom. The molecule has 1 amide bonds. The molecule has 0 bridgehead atoms. The fourth-order valence-corrected chi connectivity index (χ4v) is 2.36. The van der Waals surface area contributed by atoms with E-state index in [0.29, 0.717) is 0 Å². The predicted octanol–water partition coefficient (Wildman–Crippen LogP) is 4.87. The van der Waals surface area contributed by atoms with Crippen molar-refractivity contribution < 1.29 is 9.59 Å². The van der Waals surface area contributed by atoms with Crippen LogP contribution in [0.25, 0.3) is 0 Å². The largest absolute Gasteiger partial charge is 0.323 e. The Labute approximate surface area is 128 Å². The van der Waals surface area contributed by atoms with Gasteiger partial charge in [-0.3, -0.25) is 9.59 Å². The Balaban J connectivity index is 3.18. The summed E-state index contributed by atoms with van der Waals surface area (Å²) in [5, 5.41) is 2.25. The van der Waals surface area contributed by atoms with E-state index in [9.17, 15) is 9.59 Å². The third-order valence-corrected chi connectivity index (χ3v) is 4.16. The fraction of sp³-hybridized carbons (Fsp3) is 0.200. The maximum Gasteiger partial charge on any atom is 0.231 e. The topological polar surface area (TPSA) is 46.2 Å². The standard InChI is InChI=1S/C10H6Cl5NO2/c1-3(17)2-4(18)16-10-8(14)6(12)5(11)7(13)9(10)15/h2H2,1H3,(H,16,18). The summed E-state index contributed by atoms with van der Waals surface area (Å²) in [6, 6.07) is 0. The SMILES string of the molecule is CC(=O)CC(=O)Nc1c(Cl)c(Cl)c(Cl)c(Cl)c1Cl. The van der Waals surface area contributed by atoms with Gasteiger partial charge in [-0.2, -0.15) is 0 Å². The van der Waals surface area contributed by atoms with Crippen molar-refractivity contribution in [2.75, 3.05) is 5.32 Å². The van der Waals surface area contributed by atoms with Crippen molar-refractivity contribution in [3.8, 4) is 0 Å². The van der Waals surface area contributed by atoms with Crippen LogP contribution in [-0.4, -0.2) is 11.7 Å². The number of amides is 1. The second kappa shape index (κ2) is 6.31.